The lowest BCUT2D eigenvalue weighted by molar-refractivity contribution is 0.463. The quantitative estimate of drug-likeness (QED) is 0.230. The Balaban J connectivity index is 3.33. The van der Waals surface area contributed by atoms with Crippen LogP contribution in [-0.4, -0.2) is 19.8 Å². The van der Waals surface area contributed by atoms with Crippen molar-refractivity contribution in [3.63, 3.8) is 0 Å². The van der Waals surface area contributed by atoms with E-state index in [1.54, 1.807) is 0 Å². The first-order valence-corrected chi connectivity index (χ1v) is 9.78. The van der Waals surface area contributed by atoms with E-state index in [4.69, 9.17) is 0 Å². The molecule has 0 heterocycles. The molecule has 2 heteroatoms. The number of rotatable bonds is 17. The fourth-order valence-electron chi connectivity index (χ4n) is 2.26. The molecule has 0 spiro atoms. The highest BCUT2D eigenvalue weighted by molar-refractivity contribution is 4.99. The van der Waals surface area contributed by atoms with Gasteiger partial charge in [-0.2, -0.15) is 0 Å². The van der Waals surface area contributed by atoms with Crippen LogP contribution >= 0.6 is 0 Å². The summed E-state index contributed by atoms with van der Waals surface area (Å²) in [5, 5.41) is 3.07. The van der Waals surface area contributed by atoms with Crippen molar-refractivity contribution in [3.05, 3.63) is 48.6 Å². The van der Waals surface area contributed by atoms with Crippen LogP contribution in [0.5, 0.6) is 0 Å². The number of halogens is 1. The Morgan fingerprint density at radius 3 is 1.62 bits per heavy atom. The summed E-state index contributed by atoms with van der Waals surface area (Å²) in [5.74, 6) is 0. The van der Waals surface area contributed by atoms with Crippen LogP contribution in [-0.2, 0) is 0 Å². The van der Waals surface area contributed by atoms with Gasteiger partial charge < -0.3 is 5.32 Å². The summed E-state index contributed by atoms with van der Waals surface area (Å²) in [6.07, 6.45) is 29.7. The molecule has 0 saturated carbocycles. The Morgan fingerprint density at radius 1 is 0.625 bits per heavy atom. The molecule has 0 unspecified atom stereocenters. The molecule has 1 N–H and O–H groups in total. The van der Waals surface area contributed by atoms with E-state index in [1.165, 1.54) is 32.1 Å². The average molecular weight is 336 g/mol. The zero-order valence-electron chi connectivity index (χ0n) is 15.7. The smallest absolute Gasteiger partial charge is 0.102 e. The summed E-state index contributed by atoms with van der Waals surface area (Å²) in [5.41, 5.74) is 0. The van der Waals surface area contributed by atoms with Crippen molar-refractivity contribution in [3.8, 4) is 0 Å². The fraction of sp³-hybridized carbons (Fsp3) is 0.636. The molecule has 0 fully saturated rings. The van der Waals surface area contributed by atoms with E-state index in [9.17, 15) is 4.39 Å². The number of alkyl halides is 1. The minimum atomic E-state index is -0.267. The van der Waals surface area contributed by atoms with E-state index in [0.717, 1.165) is 38.6 Å². The number of unbranched alkanes of at least 4 members (excludes halogenated alkanes) is 5. The molecule has 0 amide bonds. The van der Waals surface area contributed by atoms with Crippen LogP contribution in [0.25, 0.3) is 0 Å². The molecule has 1 nitrogen and oxygen atoms in total. The molecule has 138 valence electrons. The maximum Gasteiger partial charge on any atom is 0.102 e. The normalized spacial score (nSPS) is 12.6. The Bertz CT molecular complexity index is 342. The SMILES string of the molecule is CCCCC/C=C\C/C=C\C/C=C\C/C=C\CCCCNCCF. The second kappa shape index (κ2) is 21.9. The van der Waals surface area contributed by atoms with Crippen molar-refractivity contribution < 1.29 is 4.39 Å². The molecule has 0 aromatic carbocycles. The van der Waals surface area contributed by atoms with Crippen LogP contribution in [0.2, 0.25) is 0 Å². The molecular formula is C22H38FN. The van der Waals surface area contributed by atoms with Crippen molar-refractivity contribution in [2.45, 2.75) is 71.1 Å². The summed E-state index contributed by atoms with van der Waals surface area (Å²) >= 11 is 0. The fourth-order valence-corrected chi connectivity index (χ4v) is 2.26. The van der Waals surface area contributed by atoms with Gasteiger partial charge in [0.25, 0.3) is 0 Å². The van der Waals surface area contributed by atoms with Gasteiger partial charge >= 0.3 is 0 Å². The lowest BCUT2D eigenvalue weighted by Gasteiger charge is -1.99. The average Bonchev–Trinajstić information content (AvgIpc) is 2.60. The predicted molar refractivity (Wildman–Crippen MR) is 107 cm³/mol. The molecule has 24 heavy (non-hydrogen) atoms. The summed E-state index contributed by atoms with van der Waals surface area (Å²) in [6, 6.07) is 0. The topological polar surface area (TPSA) is 12.0 Å². The van der Waals surface area contributed by atoms with Crippen LogP contribution < -0.4 is 5.32 Å². The van der Waals surface area contributed by atoms with Gasteiger partial charge in [0.1, 0.15) is 6.67 Å². The first kappa shape index (κ1) is 22.9. The Kier molecular flexibility index (Phi) is 20.8. The van der Waals surface area contributed by atoms with Gasteiger partial charge in [0.2, 0.25) is 0 Å². The molecule has 0 rings (SSSR count). The molecular weight excluding hydrogens is 297 g/mol. The second-order valence-corrected chi connectivity index (χ2v) is 6.02. The number of hydrogen-bond acceptors (Lipinski definition) is 1. The van der Waals surface area contributed by atoms with Gasteiger partial charge in [-0.15, -0.1) is 0 Å². The highest BCUT2D eigenvalue weighted by atomic mass is 19.1. The highest BCUT2D eigenvalue weighted by Crippen LogP contribution is 2.01. The van der Waals surface area contributed by atoms with E-state index in [2.05, 4.69) is 60.8 Å². The van der Waals surface area contributed by atoms with Gasteiger partial charge in [0, 0.05) is 6.54 Å². The Morgan fingerprint density at radius 2 is 1.12 bits per heavy atom. The predicted octanol–water partition coefficient (Wildman–Crippen LogP) is 6.69. The van der Waals surface area contributed by atoms with Gasteiger partial charge in [0.15, 0.2) is 0 Å². The molecule has 0 aliphatic carbocycles. The lowest BCUT2D eigenvalue weighted by Crippen LogP contribution is -2.17. The van der Waals surface area contributed by atoms with Crippen molar-refractivity contribution in [1.29, 1.82) is 0 Å². The zero-order chi connectivity index (χ0) is 17.6. The molecule has 0 bridgehead atoms. The van der Waals surface area contributed by atoms with Crippen molar-refractivity contribution >= 4 is 0 Å². The molecule has 0 atom stereocenters. The zero-order valence-corrected chi connectivity index (χ0v) is 15.7. The van der Waals surface area contributed by atoms with Gasteiger partial charge in [-0.1, -0.05) is 68.4 Å². The molecule has 0 aromatic rings. The van der Waals surface area contributed by atoms with Crippen molar-refractivity contribution in [1.82, 2.24) is 5.32 Å². The summed E-state index contributed by atoms with van der Waals surface area (Å²) < 4.78 is 11.8. The third-order valence-corrected chi connectivity index (χ3v) is 3.70. The van der Waals surface area contributed by atoms with Gasteiger partial charge in [0.05, 0.1) is 0 Å². The third kappa shape index (κ3) is 20.9. The maximum atomic E-state index is 11.8. The summed E-state index contributed by atoms with van der Waals surface area (Å²) in [7, 11) is 0. The first-order valence-electron chi connectivity index (χ1n) is 9.78. The van der Waals surface area contributed by atoms with Crippen molar-refractivity contribution in [2.75, 3.05) is 19.8 Å². The summed E-state index contributed by atoms with van der Waals surface area (Å²) in [6.45, 7) is 3.39. The van der Waals surface area contributed by atoms with Crippen LogP contribution in [0.3, 0.4) is 0 Å². The van der Waals surface area contributed by atoms with Gasteiger partial charge in [-0.05, 0) is 57.9 Å². The molecule has 0 saturated heterocycles. The lowest BCUT2D eigenvalue weighted by atomic mass is 10.2. The molecule has 0 aliphatic heterocycles. The maximum absolute atomic E-state index is 11.8. The number of hydrogen-bond donors (Lipinski definition) is 1. The third-order valence-electron chi connectivity index (χ3n) is 3.70. The van der Waals surface area contributed by atoms with E-state index >= 15 is 0 Å². The Labute approximate surface area is 149 Å². The molecule has 0 aliphatic rings. The number of nitrogens with one attached hydrogen (secondary N) is 1. The summed E-state index contributed by atoms with van der Waals surface area (Å²) in [4.78, 5) is 0. The van der Waals surface area contributed by atoms with Crippen LogP contribution in [0.4, 0.5) is 4.39 Å². The van der Waals surface area contributed by atoms with E-state index in [-0.39, 0.29) is 6.67 Å². The Hall–Kier alpha value is -1.15. The van der Waals surface area contributed by atoms with Gasteiger partial charge in [-0.25, -0.2) is 4.39 Å². The number of allylic oxidation sites excluding steroid dienone is 8. The van der Waals surface area contributed by atoms with Gasteiger partial charge in [-0.3, -0.25) is 0 Å². The molecule has 0 radical (unpaired) electrons. The van der Waals surface area contributed by atoms with Crippen LogP contribution in [0, 0.1) is 0 Å². The van der Waals surface area contributed by atoms with E-state index in [1.807, 2.05) is 0 Å². The second-order valence-electron chi connectivity index (χ2n) is 6.02. The minimum absolute atomic E-state index is 0.267. The van der Waals surface area contributed by atoms with Crippen LogP contribution in [0.1, 0.15) is 71.1 Å². The van der Waals surface area contributed by atoms with E-state index in [0.29, 0.717) is 6.54 Å². The molecule has 0 aromatic heterocycles. The highest BCUT2D eigenvalue weighted by Gasteiger charge is 1.86. The van der Waals surface area contributed by atoms with Crippen LogP contribution in [0.15, 0.2) is 48.6 Å². The monoisotopic (exact) mass is 335 g/mol. The van der Waals surface area contributed by atoms with Crippen molar-refractivity contribution in [2.24, 2.45) is 0 Å². The minimum Gasteiger partial charge on any atom is -0.314 e. The first-order chi connectivity index (χ1) is 11.9. The largest absolute Gasteiger partial charge is 0.314 e. The standard InChI is InChI=1S/C22H38FN/c1-2-3-4-5-6-7-8-9-10-11-12-13-14-15-16-17-18-19-21-24-22-20-23/h6-7,9-10,12-13,15-16,24H,2-5,8,11,14,17-22H2,1H3/b7-6-,10-9-,13-12-,16-15-. The van der Waals surface area contributed by atoms with E-state index < -0.39 is 0 Å².